The van der Waals surface area contributed by atoms with Crippen molar-refractivity contribution < 1.29 is 9.59 Å². The molecule has 6 heteroatoms. The van der Waals surface area contributed by atoms with Crippen LogP contribution >= 0.6 is 24.0 Å². The number of carbonyl (C=O) groups excluding carboxylic acids is 2. The minimum Gasteiger partial charge on any atom is -0.326 e. The van der Waals surface area contributed by atoms with Gasteiger partial charge in [0.15, 0.2) is 0 Å². The first-order chi connectivity index (χ1) is 8.54. The van der Waals surface area contributed by atoms with Crippen LogP contribution in [0.25, 0.3) is 0 Å². The summed E-state index contributed by atoms with van der Waals surface area (Å²) in [6.45, 7) is 1.98. The van der Waals surface area contributed by atoms with E-state index in [1.165, 1.54) is 11.8 Å². The lowest BCUT2D eigenvalue weighted by atomic mass is 10.2. The van der Waals surface area contributed by atoms with E-state index in [2.05, 4.69) is 10.6 Å². The SMILES string of the molecule is Cc1ccc(NC(=O)C[C@H]2SC(=S)NC2=O)cc1. The fourth-order valence-electron chi connectivity index (χ4n) is 1.54. The van der Waals surface area contributed by atoms with Gasteiger partial charge >= 0.3 is 0 Å². The number of hydrogen-bond donors (Lipinski definition) is 2. The molecule has 1 aliphatic heterocycles. The highest BCUT2D eigenvalue weighted by atomic mass is 32.2. The van der Waals surface area contributed by atoms with Gasteiger partial charge in [-0.3, -0.25) is 9.59 Å². The van der Waals surface area contributed by atoms with E-state index in [0.29, 0.717) is 4.32 Å². The molecule has 1 heterocycles. The third kappa shape index (κ3) is 3.30. The summed E-state index contributed by atoms with van der Waals surface area (Å²) < 4.78 is 0.438. The third-order valence-electron chi connectivity index (χ3n) is 2.47. The molecule has 1 saturated heterocycles. The summed E-state index contributed by atoms with van der Waals surface area (Å²) in [6.07, 6.45) is 0.129. The molecule has 2 amide bonds. The number of amides is 2. The van der Waals surface area contributed by atoms with Gasteiger partial charge in [0, 0.05) is 12.1 Å². The largest absolute Gasteiger partial charge is 0.326 e. The van der Waals surface area contributed by atoms with Crippen molar-refractivity contribution in [3.8, 4) is 0 Å². The van der Waals surface area contributed by atoms with E-state index in [1.54, 1.807) is 0 Å². The van der Waals surface area contributed by atoms with Crippen LogP contribution in [0.3, 0.4) is 0 Å². The first-order valence-electron chi connectivity index (χ1n) is 5.42. The lowest BCUT2D eigenvalue weighted by molar-refractivity contribution is -0.122. The zero-order valence-corrected chi connectivity index (χ0v) is 11.4. The van der Waals surface area contributed by atoms with Gasteiger partial charge in [-0.05, 0) is 19.1 Å². The molecule has 0 aromatic heterocycles. The third-order valence-corrected chi connectivity index (χ3v) is 3.85. The highest BCUT2D eigenvalue weighted by Crippen LogP contribution is 2.22. The van der Waals surface area contributed by atoms with E-state index < -0.39 is 5.25 Å². The normalized spacial score (nSPS) is 18.6. The highest BCUT2D eigenvalue weighted by Gasteiger charge is 2.30. The molecule has 0 saturated carbocycles. The van der Waals surface area contributed by atoms with Crippen LogP contribution in [0.1, 0.15) is 12.0 Å². The van der Waals surface area contributed by atoms with Crippen molar-refractivity contribution >= 4 is 45.8 Å². The summed E-state index contributed by atoms with van der Waals surface area (Å²) >= 11 is 6.09. The summed E-state index contributed by atoms with van der Waals surface area (Å²) in [5.41, 5.74) is 1.86. The number of nitrogens with one attached hydrogen (secondary N) is 2. The molecular formula is C12H12N2O2S2. The Morgan fingerprint density at radius 3 is 2.67 bits per heavy atom. The van der Waals surface area contributed by atoms with Gasteiger partial charge in [-0.2, -0.15) is 0 Å². The van der Waals surface area contributed by atoms with E-state index in [-0.39, 0.29) is 18.2 Å². The number of thiocarbonyl (C=S) groups is 1. The van der Waals surface area contributed by atoms with Gasteiger partial charge in [0.1, 0.15) is 4.32 Å². The Morgan fingerprint density at radius 2 is 2.11 bits per heavy atom. The molecule has 1 aromatic carbocycles. The van der Waals surface area contributed by atoms with E-state index in [0.717, 1.165) is 11.3 Å². The molecule has 0 bridgehead atoms. The Hall–Kier alpha value is -1.40. The van der Waals surface area contributed by atoms with Crippen LogP contribution in [0.5, 0.6) is 0 Å². The molecule has 1 fully saturated rings. The molecule has 2 rings (SSSR count). The summed E-state index contributed by atoms with van der Waals surface area (Å²) in [5.74, 6) is -0.375. The number of rotatable bonds is 3. The number of thioether (sulfide) groups is 1. The topological polar surface area (TPSA) is 58.2 Å². The Bertz CT molecular complexity index is 499. The molecule has 1 aromatic rings. The maximum Gasteiger partial charge on any atom is 0.239 e. The lowest BCUT2D eigenvalue weighted by Gasteiger charge is -2.07. The van der Waals surface area contributed by atoms with Crippen molar-refractivity contribution in [1.82, 2.24) is 5.32 Å². The lowest BCUT2D eigenvalue weighted by Crippen LogP contribution is -2.27. The summed E-state index contributed by atoms with van der Waals surface area (Å²) in [5, 5.41) is 4.86. The van der Waals surface area contributed by atoms with Crippen LogP contribution in [0.2, 0.25) is 0 Å². The molecule has 0 radical (unpaired) electrons. The van der Waals surface area contributed by atoms with Gasteiger partial charge in [-0.25, -0.2) is 0 Å². The standard InChI is InChI=1S/C12H12N2O2S2/c1-7-2-4-8(5-3-7)13-10(15)6-9-11(16)14-12(17)18-9/h2-5,9H,6H2,1H3,(H,13,15)(H,14,16,17)/t9-/m1/s1. The van der Waals surface area contributed by atoms with E-state index in [1.807, 2.05) is 31.2 Å². The van der Waals surface area contributed by atoms with Crippen molar-refractivity contribution in [1.29, 1.82) is 0 Å². The Labute approximate surface area is 115 Å². The Kier molecular flexibility index (Phi) is 3.98. The molecule has 1 atom stereocenters. The summed E-state index contributed by atoms with van der Waals surface area (Å²) in [7, 11) is 0. The number of hydrogen-bond acceptors (Lipinski definition) is 4. The first kappa shape index (κ1) is 13.0. The van der Waals surface area contributed by atoms with Gasteiger partial charge in [-0.15, -0.1) is 0 Å². The number of benzene rings is 1. The molecule has 0 aliphatic carbocycles. The minimum atomic E-state index is -0.414. The van der Waals surface area contributed by atoms with Crippen molar-refractivity contribution in [3.63, 3.8) is 0 Å². The Balaban J connectivity index is 1.91. The minimum absolute atomic E-state index is 0.129. The van der Waals surface area contributed by atoms with Crippen molar-refractivity contribution in [3.05, 3.63) is 29.8 Å². The monoisotopic (exact) mass is 280 g/mol. The molecule has 94 valence electrons. The highest BCUT2D eigenvalue weighted by molar-refractivity contribution is 8.24. The Morgan fingerprint density at radius 1 is 1.44 bits per heavy atom. The maximum absolute atomic E-state index is 11.8. The fraction of sp³-hybridized carbons (Fsp3) is 0.250. The second kappa shape index (κ2) is 5.49. The van der Waals surface area contributed by atoms with Crippen LogP contribution in [0, 0.1) is 6.92 Å². The van der Waals surface area contributed by atoms with Crippen LogP contribution in [0.15, 0.2) is 24.3 Å². The number of aryl methyl sites for hydroxylation is 1. The van der Waals surface area contributed by atoms with Gasteiger partial charge in [0.2, 0.25) is 11.8 Å². The second-order valence-corrected chi connectivity index (χ2v) is 5.88. The summed E-state index contributed by atoms with van der Waals surface area (Å²) in [6, 6.07) is 7.50. The predicted molar refractivity (Wildman–Crippen MR) is 76.5 cm³/mol. The molecule has 18 heavy (non-hydrogen) atoms. The molecule has 4 nitrogen and oxygen atoms in total. The van der Waals surface area contributed by atoms with Gasteiger partial charge < -0.3 is 10.6 Å². The van der Waals surface area contributed by atoms with Crippen LogP contribution < -0.4 is 10.6 Å². The molecule has 0 spiro atoms. The molecular weight excluding hydrogens is 268 g/mol. The molecule has 0 unspecified atom stereocenters. The van der Waals surface area contributed by atoms with E-state index >= 15 is 0 Å². The summed E-state index contributed by atoms with van der Waals surface area (Å²) in [4.78, 5) is 23.2. The zero-order chi connectivity index (χ0) is 13.1. The van der Waals surface area contributed by atoms with E-state index in [4.69, 9.17) is 12.2 Å². The van der Waals surface area contributed by atoms with Crippen LogP contribution in [-0.4, -0.2) is 21.4 Å². The van der Waals surface area contributed by atoms with Crippen molar-refractivity contribution in [2.75, 3.05) is 5.32 Å². The average Bonchev–Trinajstić information content (AvgIpc) is 2.61. The predicted octanol–water partition coefficient (Wildman–Crippen LogP) is 1.84. The molecule has 1 aliphatic rings. The van der Waals surface area contributed by atoms with Gasteiger partial charge in [-0.1, -0.05) is 41.7 Å². The van der Waals surface area contributed by atoms with Crippen LogP contribution in [-0.2, 0) is 9.59 Å². The number of anilines is 1. The smallest absolute Gasteiger partial charge is 0.239 e. The van der Waals surface area contributed by atoms with E-state index in [9.17, 15) is 9.59 Å². The molecule has 2 N–H and O–H groups in total. The van der Waals surface area contributed by atoms with Crippen molar-refractivity contribution in [2.45, 2.75) is 18.6 Å². The second-order valence-electron chi connectivity index (χ2n) is 4.00. The quantitative estimate of drug-likeness (QED) is 0.830. The van der Waals surface area contributed by atoms with Crippen LogP contribution in [0.4, 0.5) is 5.69 Å². The maximum atomic E-state index is 11.8. The zero-order valence-electron chi connectivity index (χ0n) is 9.73. The van der Waals surface area contributed by atoms with Gasteiger partial charge in [0.05, 0.1) is 5.25 Å². The number of carbonyl (C=O) groups is 2. The fourth-order valence-corrected chi connectivity index (χ4v) is 2.81. The van der Waals surface area contributed by atoms with Crippen molar-refractivity contribution in [2.24, 2.45) is 0 Å². The first-order valence-corrected chi connectivity index (χ1v) is 6.71. The average molecular weight is 280 g/mol. The van der Waals surface area contributed by atoms with Gasteiger partial charge in [0.25, 0.3) is 0 Å².